The minimum absolute atomic E-state index is 0.0494. The first kappa shape index (κ1) is 13.2. The number of hydrogen-bond donors (Lipinski definition) is 1. The predicted molar refractivity (Wildman–Crippen MR) is 70.2 cm³/mol. The number of methoxy groups -OCH3 is 3. The van der Waals surface area contributed by atoms with E-state index in [2.05, 4.69) is 0 Å². The van der Waals surface area contributed by atoms with Crippen molar-refractivity contribution < 1.29 is 14.2 Å². The molecule has 0 aromatic heterocycles. The molecule has 1 saturated carbocycles. The van der Waals surface area contributed by atoms with E-state index in [-0.39, 0.29) is 5.41 Å². The van der Waals surface area contributed by atoms with E-state index < -0.39 is 0 Å². The average molecular weight is 251 g/mol. The lowest BCUT2D eigenvalue weighted by Crippen LogP contribution is -2.22. The van der Waals surface area contributed by atoms with E-state index in [1.54, 1.807) is 21.3 Å². The van der Waals surface area contributed by atoms with Gasteiger partial charge in [-0.15, -0.1) is 0 Å². The zero-order chi connectivity index (χ0) is 13.2. The number of nitrogens with two attached hydrogens (primary N) is 1. The predicted octanol–water partition coefficient (Wildman–Crippen LogP) is 1.84. The van der Waals surface area contributed by atoms with Crippen molar-refractivity contribution in [1.29, 1.82) is 0 Å². The van der Waals surface area contributed by atoms with Gasteiger partial charge < -0.3 is 19.9 Å². The van der Waals surface area contributed by atoms with Crippen molar-refractivity contribution in [2.45, 2.75) is 24.9 Å². The van der Waals surface area contributed by atoms with Gasteiger partial charge >= 0.3 is 0 Å². The molecule has 1 fully saturated rings. The van der Waals surface area contributed by atoms with E-state index in [0.717, 1.165) is 35.5 Å². The summed E-state index contributed by atoms with van der Waals surface area (Å²) in [7, 11) is 5.05. The molecule has 4 heteroatoms. The Balaban J connectivity index is 2.57. The summed E-state index contributed by atoms with van der Waals surface area (Å²) in [6.07, 6.45) is 2.20. The Morgan fingerprint density at radius 3 is 2.17 bits per heavy atom. The maximum Gasteiger partial charge on any atom is 0.124 e. The summed E-state index contributed by atoms with van der Waals surface area (Å²) in [5.74, 6) is 1.72. The summed E-state index contributed by atoms with van der Waals surface area (Å²) in [6, 6.07) is 3.87. The molecule has 1 aliphatic rings. The molecule has 0 saturated heterocycles. The second-order valence-electron chi connectivity index (χ2n) is 4.74. The van der Waals surface area contributed by atoms with E-state index in [1.807, 2.05) is 12.1 Å². The molecule has 0 spiro atoms. The molecular formula is C14H21NO3. The van der Waals surface area contributed by atoms with E-state index >= 15 is 0 Å². The van der Waals surface area contributed by atoms with Gasteiger partial charge in [0, 0.05) is 30.2 Å². The van der Waals surface area contributed by atoms with Gasteiger partial charge in [0.25, 0.3) is 0 Å². The summed E-state index contributed by atoms with van der Waals surface area (Å²) >= 11 is 0. The fourth-order valence-electron chi connectivity index (χ4n) is 2.54. The number of hydrogen-bond acceptors (Lipinski definition) is 4. The fraction of sp³-hybridized carbons (Fsp3) is 0.571. The van der Waals surface area contributed by atoms with Gasteiger partial charge in [-0.05, 0) is 25.0 Å². The summed E-state index contributed by atoms with van der Waals surface area (Å²) in [4.78, 5) is 0. The average Bonchev–Trinajstić information content (AvgIpc) is 3.19. The van der Waals surface area contributed by atoms with Crippen LogP contribution in [0.15, 0.2) is 12.1 Å². The molecular weight excluding hydrogens is 230 g/mol. The smallest absolute Gasteiger partial charge is 0.124 e. The molecule has 0 atom stereocenters. The minimum atomic E-state index is 0.0494. The van der Waals surface area contributed by atoms with Crippen LogP contribution in [0.2, 0.25) is 0 Å². The first-order chi connectivity index (χ1) is 8.72. The molecule has 1 aliphatic carbocycles. The van der Waals surface area contributed by atoms with Crippen molar-refractivity contribution in [2.75, 3.05) is 27.9 Å². The van der Waals surface area contributed by atoms with Crippen molar-refractivity contribution in [2.24, 2.45) is 5.73 Å². The zero-order valence-electron chi connectivity index (χ0n) is 11.3. The van der Waals surface area contributed by atoms with Crippen LogP contribution in [0.5, 0.6) is 11.5 Å². The Labute approximate surface area is 108 Å². The third-order valence-electron chi connectivity index (χ3n) is 3.73. The Morgan fingerprint density at radius 2 is 1.72 bits per heavy atom. The highest BCUT2D eigenvalue weighted by Gasteiger charge is 2.46. The van der Waals surface area contributed by atoms with Crippen LogP contribution in [0.25, 0.3) is 0 Å². The molecule has 2 N–H and O–H groups in total. The van der Waals surface area contributed by atoms with Gasteiger partial charge in [-0.1, -0.05) is 0 Å². The molecule has 0 amide bonds. The Kier molecular flexibility index (Phi) is 3.78. The molecule has 4 nitrogen and oxygen atoms in total. The molecule has 1 aromatic rings. The van der Waals surface area contributed by atoms with E-state index in [0.29, 0.717) is 13.2 Å². The quantitative estimate of drug-likeness (QED) is 0.838. The molecule has 2 rings (SSSR count). The maximum absolute atomic E-state index is 5.94. The maximum atomic E-state index is 5.94. The highest BCUT2D eigenvalue weighted by Crippen LogP contribution is 2.53. The van der Waals surface area contributed by atoms with Gasteiger partial charge in [-0.25, -0.2) is 0 Å². The monoisotopic (exact) mass is 251 g/mol. The van der Waals surface area contributed by atoms with E-state index in [4.69, 9.17) is 19.9 Å². The van der Waals surface area contributed by atoms with Crippen molar-refractivity contribution in [3.05, 3.63) is 23.3 Å². The van der Waals surface area contributed by atoms with Crippen molar-refractivity contribution in [1.82, 2.24) is 0 Å². The van der Waals surface area contributed by atoms with Gasteiger partial charge in [0.1, 0.15) is 11.5 Å². The number of rotatable bonds is 6. The topological polar surface area (TPSA) is 53.7 Å². The molecule has 18 heavy (non-hydrogen) atoms. The van der Waals surface area contributed by atoms with Gasteiger partial charge in [0.15, 0.2) is 0 Å². The van der Waals surface area contributed by atoms with E-state index in [9.17, 15) is 0 Å². The van der Waals surface area contributed by atoms with Crippen LogP contribution in [0.1, 0.15) is 24.0 Å². The molecule has 0 bridgehead atoms. The van der Waals surface area contributed by atoms with Crippen LogP contribution in [0.3, 0.4) is 0 Å². The standard InChI is InChI=1S/C14H21NO3/c1-16-8-10-11(17-2)4-5-12(18-3)13(10)14(9-15)6-7-14/h4-5H,6-9,15H2,1-3H3. The lowest BCUT2D eigenvalue weighted by molar-refractivity contribution is 0.179. The second-order valence-corrected chi connectivity index (χ2v) is 4.74. The Hall–Kier alpha value is -1.26. The highest BCUT2D eigenvalue weighted by molar-refractivity contribution is 5.54. The Bertz CT molecular complexity index is 427. The van der Waals surface area contributed by atoms with Crippen molar-refractivity contribution >= 4 is 0 Å². The Morgan fingerprint density at radius 1 is 1.11 bits per heavy atom. The zero-order valence-corrected chi connectivity index (χ0v) is 11.3. The van der Waals surface area contributed by atoms with Gasteiger partial charge in [0.05, 0.1) is 20.8 Å². The van der Waals surface area contributed by atoms with E-state index in [1.165, 1.54) is 0 Å². The molecule has 0 radical (unpaired) electrons. The first-order valence-corrected chi connectivity index (χ1v) is 6.15. The van der Waals surface area contributed by atoms with Crippen LogP contribution in [-0.2, 0) is 16.8 Å². The largest absolute Gasteiger partial charge is 0.496 e. The normalized spacial score (nSPS) is 16.4. The summed E-state index contributed by atoms with van der Waals surface area (Å²) in [5.41, 5.74) is 8.21. The van der Waals surface area contributed by atoms with Crippen LogP contribution >= 0.6 is 0 Å². The summed E-state index contributed by atoms with van der Waals surface area (Å²) < 4.78 is 16.2. The molecule has 0 aliphatic heterocycles. The van der Waals surface area contributed by atoms with Crippen molar-refractivity contribution in [3.63, 3.8) is 0 Å². The summed E-state index contributed by atoms with van der Waals surface area (Å²) in [5, 5.41) is 0. The molecule has 0 unspecified atom stereocenters. The first-order valence-electron chi connectivity index (χ1n) is 6.15. The van der Waals surface area contributed by atoms with Crippen LogP contribution in [-0.4, -0.2) is 27.9 Å². The second kappa shape index (κ2) is 5.16. The van der Waals surface area contributed by atoms with Crippen LogP contribution in [0.4, 0.5) is 0 Å². The van der Waals surface area contributed by atoms with Crippen LogP contribution < -0.4 is 15.2 Å². The molecule has 1 aromatic carbocycles. The van der Waals surface area contributed by atoms with Crippen LogP contribution in [0, 0.1) is 0 Å². The SMILES string of the molecule is COCc1c(OC)ccc(OC)c1C1(CN)CC1. The minimum Gasteiger partial charge on any atom is -0.496 e. The lowest BCUT2D eigenvalue weighted by Gasteiger charge is -2.22. The molecule has 0 heterocycles. The molecule has 100 valence electrons. The van der Waals surface area contributed by atoms with Crippen molar-refractivity contribution in [3.8, 4) is 11.5 Å². The van der Waals surface area contributed by atoms with Gasteiger partial charge in [-0.3, -0.25) is 0 Å². The fourth-order valence-corrected chi connectivity index (χ4v) is 2.54. The highest BCUT2D eigenvalue weighted by atomic mass is 16.5. The van der Waals surface area contributed by atoms with Gasteiger partial charge in [-0.2, -0.15) is 0 Å². The van der Waals surface area contributed by atoms with Gasteiger partial charge in [0.2, 0.25) is 0 Å². The third-order valence-corrected chi connectivity index (χ3v) is 3.73. The number of benzene rings is 1. The number of ether oxygens (including phenoxy) is 3. The third kappa shape index (κ3) is 2.06. The lowest BCUT2D eigenvalue weighted by atomic mass is 9.90. The summed E-state index contributed by atoms with van der Waals surface area (Å²) in [6.45, 7) is 1.14.